The quantitative estimate of drug-likeness (QED) is 0.647. The lowest BCUT2D eigenvalue weighted by atomic mass is 10.2. The lowest BCUT2D eigenvalue weighted by Gasteiger charge is -2.01. The molecule has 0 aliphatic rings. The molecular formula is C12H10N4. The van der Waals surface area contributed by atoms with Gasteiger partial charge in [-0.05, 0) is 12.1 Å². The molecular weight excluding hydrogens is 200 g/mol. The minimum absolute atomic E-state index is 0.614. The third-order valence-electron chi connectivity index (χ3n) is 2.52. The number of hydrogen-bond donors (Lipinski definition) is 2. The Morgan fingerprint density at radius 2 is 1.94 bits per heavy atom. The number of hydrogen-bond acceptors (Lipinski definition) is 3. The zero-order valence-corrected chi connectivity index (χ0v) is 8.51. The van der Waals surface area contributed by atoms with Gasteiger partial charge in [-0.25, -0.2) is 4.98 Å². The first-order valence-corrected chi connectivity index (χ1v) is 4.99. The van der Waals surface area contributed by atoms with E-state index in [2.05, 4.69) is 15.2 Å². The number of para-hydroxylation sites is 1. The molecule has 0 radical (unpaired) electrons. The normalized spacial score (nSPS) is 10.8. The fourth-order valence-electron chi connectivity index (χ4n) is 1.71. The van der Waals surface area contributed by atoms with Gasteiger partial charge in [-0.3, -0.25) is 5.10 Å². The molecule has 3 N–H and O–H groups in total. The summed E-state index contributed by atoms with van der Waals surface area (Å²) < 4.78 is 0. The Bertz CT molecular complexity index is 642. The standard InChI is InChI=1S/C12H10N4/c13-9-7-14-16-12(9)11-6-5-8-3-1-2-4-10(8)15-11/h1-7H,13H2,(H,14,16). The molecule has 1 aromatic carbocycles. The summed E-state index contributed by atoms with van der Waals surface area (Å²) in [6.45, 7) is 0. The lowest BCUT2D eigenvalue weighted by Crippen LogP contribution is -1.90. The van der Waals surface area contributed by atoms with Crippen LogP contribution in [0.5, 0.6) is 0 Å². The van der Waals surface area contributed by atoms with Gasteiger partial charge in [0.05, 0.1) is 23.1 Å². The van der Waals surface area contributed by atoms with E-state index in [1.807, 2.05) is 36.4 Å². The molecule has 0 amide bonds. The molecule has 0 saturated carbocycles. The Balaban J connectivity index is 2.23. The first kappa shape index (κ1) is 8.91. The van der Waals surface area contributed by atoms with Gasteiger partial charge < -0.3 is 5.73 Å². The van der Waals surface area contributed by atoms with Gasteiger partial charge in [0.2, 0.25) is 0 Å². The number of aromatic amines is 1. The van der Waals surface area contributed by atoms with E-state index in [0.29, 0.717) is 5.69 Å². The molecule has 2 aromatic heterocycles. The molecule has 0 spiro atoms. The summed E-state index contributed by atoms with van der Waals surface area (Å²) in [7, 11) is 0. The van der Waals surface area contributed by atoms with E-state index in [1.54, 1.807) is 6.20 Å². The van der Waals surface area contributed by atoms with Crippen LogP contribution in [0.2, 0.25) is 0 Å². The van der Waals surface area contributed by atoms with Crippen LogP contribution in [0.3, 0.4) is 0 Å². The van der Waals surface area contributed by atoms with Gasteiger partial charge in [0, 0.05) is 5.39 Å². The molecule has 0 saturated heterocycles. The fourth-order valence-corrected chi connectivity index (χ4v) is 1.71. The molecule has 0 atom stereocenters. The summed E-state index contributed by atoms with van der Waals surface area (Å²) in [6, 6.07) is 11.9. The summed E-state index contributed by atoms with van der Waals surface area (Å²) in [5, 5.41) is 7.85. The molecule has 4 nitrogen and oxygen atoms in total. The minimum Gasteiger partial charge on any atom is -0.396 e. The number of H-pyrrole nitrogens is 1. The van der Waals surface area contributed by atoms with Crippen molar-refractivity contribution < 1.29 is 0 Å². The minimum atomic E-state index is 0.614. The van der Waals surface area contributed by atoms with Crippen molar-refractivity contribution in [1.29, 1.82) is 0 Å². The number of nitrogens with one attached hydrogen (secondary N) is 1. The Hall–Kier alpha value is -2.36. The number of nitrogens with zero attached hydrogens (tertiary/aromatic N) is 2. The molecule has 0 aliphatic carbocycles. The van der Waals surface area contributed by atoms with Gasteiger partial charge in [-0.15, -0.1) is 0 Å². The number of nitrogen functional groups attached to an aromatic ring is 1. The van der Waals surface area contributed by atoms with Gasteiger partial charge in [0.1, 0.15) is 5.69 Å². The lowest BCUT2D eigenvalue weighted by molar-refractivity contribution is 1.09. The predicted molar refractivity (Wildman–Crippen MR) is 63.7 cm³/mol. The van der Waals surface area contributed by atoms with Gasteiger partial charge in [0.15, 0.2) is 0 Å². The molecule has 2 heterocycles. The van der Waals surface area contributed by atoms with Crippen molar-refractivity contribution in [3.63, 3.8) is 0 Å². The molecule has 0 fully saturated rings. The molecule has 4 heteroatoms. The SMILES string of the molecule is Nc1cn[nH]c1-c1ccc2ccccc2n1. The van der Waals surface area contributed by atoms with E-state index in [0.717, 1.165) is 22.3 Å². The van der Waals surface area contributed by atoms with Crippen LogP contribution in [0.1, 0.15) is 0 Å². The highest BCUT2D eigenvalue weighted by atomic mass is 15.1. The monoisotopic (exact) mass is 210 g/mol. The van der Waals surface area contributed by atoms with Gasteiger partial charge in [0.25, 0.3) is 0 Å². The summed E-state index contributed by atoms with van der Waals surface area (Å²) in [6.07, 6.45) is 1.59. The van der Waals surface area contributed by atoms with Crippen LogP contribution in [-0.2, 0) is 0 Å². The summed E-state index contributed by atoms with van der Waals surface area (Å²) >= 11 is 0. The average Bonchev–Trinajstić information content (AvgIpc) is 2.75. The van der Waals surface area contributed by atoms with Crippen molar-refractivity contribution >= 4 is 16.6 Å². The van der Waals surface area contributed by atoms with Crippen molar-refractivity contribution in [1.82, 2.24) is 15.2 Å². The number of anilines is 1. The molecule has 0 aliphatic heterocycles. The second kappa shape index (κ2) is 3.34. The van der Waals surface area contributed by atoms with Gasteiger partial charge in [-0.2, -0.15) is 5.10 Å². The third-order valence-corrected chi connectivity index (χ3v) is 2.52. The van der Waals surface area contributed by atoms with E-state index in [4.69, 9.17) is 5.73 Å². The van der Waals surface area contributed by atoms with E-state index in [1.165, 1.54) is 0 Å². The van der Waals surface area contributed by atoms with Crippen LogP contribution in [-0.4, -0.2) is 15.2 Å². The molecule has 3 aromatic rings. The molecule has 3 rings (SSSR count). The average molecular weight is 210 g/mol. The van der Waals surface area contributed by atoms with E-state index >= 15 is 0 Å². The second-order valence-corrected chi connectivity index (χ2v) is 3.59. The Morgan fingerprint density at radius 1 is 1.06 bits per heavy atom. The van der Waals surface area contributed by atoms with Gasteiger partial charge >= 0.3 is 0 Å². The largest absolute Gasteiger partial charge is 0.396 e. The van der Waals surface area contributed by atoms with Gasteiger partial charge in [-0.1, -0.05) is 24.3 Å². The van der Waals surface area contributed by atoms with Crippen molar-refractivity contribution in [2.75, 3.05) is 5.73 Å². The smallest absolute Gasteiger partial charge is 0.106 e. The van der Waals surface area contributed by atoms with Crippen LogP contribution in [0.25, 0.3) is 22.3 Å². The highest BCUT2D eigenvalue weighted by Crippen LogP contribution is 2.23. The van der Waals surface area contributed by atoms with Crippen LogP contribution in [0.15, 0.2) is 42.6 Å². The van der Waals surface area contributed by atoms with E-state index in [-0.39, 0.29) is 0 Å². The maximum atomic E-state index is 5.78. The number of aromatic nitrogens is 3. The highest BCUT2D eigenvalue weighted by molar-refractivity contribution is 5.82. The van der Waals surface area contributed by atoms with Crippen molar-refractivity contribution in [3.8, 4) is 11.4 Å². The first-order valence-electron chi connectivity index (χ1n) is 4.99. The topological polar surface area (TPSA) is 67.6 Å². The zero-order chi connectivity index (χ0) is 11.0. The van der Waals surface area contributed by atoms with Crippen molar-refractivity contribution in [3.05, 3.63) is 42.6 Å². The number of benzene rings is 1. The summed E-state index contributed by atoms with van der Waals surface area (Å²) in [5.41, 5.74) is 8.93. The van der Waals surface area contributed by atoms with E-state index < -0.39 is 0 Å². The van der Waals surface area contributed by atoms with Crippen molar-refractivity contribution in [2.45, 2.75) is 0 Å². The first-order chi connectivity index (χ1) is 7.84. The van der Waals surface area contributed by atoms with Crippen LogP contribution in [0.4, 0.5) is 5.69 Å². The number of pyridine rings is 1. The Labute approximate surface area is 92.1 Å². The maximum absolute atomic E-state index is 5.78. The highest BCUT2D eigenvalue weighted by Gasteiger charge is 2.06. The van der Waals surface area contributed by atoms with E-state index in [9.17, 15) is 0 Å². The number of nitrogens with two attached hydrogens (primary N) is 1. The molecule has 0 bridgehead atoms. The second-order valence-electron chi connectivity index (χ2n) is 3.59. The summed E-state index contributed by atoms with van der Waals surface area (Å²) in [4.78, 5) is 4.53. The molecule has 0 unspecified atom stereocenters. The fraction of sp³-hybridized carbons (Fsp3) is 0. The Morgan fingerprint density at radius 3 is 2.75 bits per heavy atom. The predicted octanol–water partition coefficient (Wildman–Crippen LogP) is 2.21. The van der Waals surface area contributed by atoms with Crippen LogP contribution < -0.4 is 5.73 Å². The van der Waals surface area contributed by atoms with Crippen LogP contribution in [0, 0.1) is 0 Å². The third kappa shape index (κ3) is 1.32. The zero-order valence-electron chi connectivity index (χ0n) is 8.51. The summed E-state index contributed by atoms with van der Waals surface area (Å²) in [5.74, 6) is 0. The Kier molecular flexibility index (Phi) is 1.86. The molecule has 78 valence electrons. The van der Waals surface area contributed by atoms with Crippen molar-refractivity contribution in [2.24, 2.45) is 0 Å². The number of fused-ring (bicyclic) bond motifs is 1. The molecule has 16 heavy (non-hydrogen) atoms. The van der Waals surface area contributed by atoms with Crippen LogP contribution >= 0.6 is 0 Å². The number of rotatable bonds is 1. The maximum Gasteiger partial charge on any atom is 0.106 e.